The molecule has 4 aromatic carbocycles. The molecule has 0 spiro atoms. The Morgan fingerprint density at radius 1 is 0.615 bits per heavy atom. The van der Waals surface area contributed by atoms with E-state index in [-0.39, 0.29) is 0 Å². The first-order valence-electron chi connectivity index (χ1n) is 8.78. The predicted octanol–water partition coefficient (Wildman–Crippen LogP) is 6.21. The minimum atomic E-state index is 0.297. The number of ether oxygens (including phenoxy) is 2. The SMILES string of the molecule is Cc1ccc(-c2ccc(-c3ccccc3)cc2)c2cc3c(cc12)OCO3. The lowest BCUT2D eigenvalue weighted by Crippen LogP contribution is -1.92. The van der Waals surface area contributed by atoms with Gasteiger partial charge in [-0.05, 0) is 57.6 Å². The van der Waals surface area contributed by atoms with Crippen molar-refractivity contribution in [2.24, 2.45) is 0 Å². The summed E-state index contributed by atoms with van der Waals surface area (Å²) in [5.41, 5.74) is 6.11. The molecule has 5 rings (SSSR count). The summed E-state index contributed by atoms with van der Waals surface area (Å²) in [7, 11) is 0. The number of hydrogen-bond donors (Lipinski definition) is 0. The van der Waals surface area contributed by atoms with Crippen molar-refractivity contribution in [2.45, 2.75) is 6.92 Å². The molecule has 1 heterocycles. The van der Waals surface area contributed by atoms with E-state index in [2.05, 4.69) is 79.7 Å². The van der Waals surface area contributed by atoms with E-state index < -0.39 is 0 Å². The van der Waals surface area contributed by atoms with Gasteiger partial charge in [0.25, 0.3) is 0 Å². The number of fused-ring (bicyclic) bond motifs is 2. The van der Waals surface area contributed by atoms with Crippen molar-refractivity contribution in [1.29, 1.82) is 0 Å². The molecule has 26 heavy (non-hydrogen) atoms. The van der Waals surface area contributed by atoms with Crippen LogP contribution in [-0.4, -0.2) is 6.79 Å². The number of hydrogen-bond acceptors (Lipinski definition) is 2. The maximum Gasteiger partial charge on any atom is 0.231 e. The van der Waals surface area contributed by atoms with Gasteiger partial charge >= 0.3 is 0 Å². The first-order valence-corrected chi connectivity index (χ1v) is 8.78. The van der Waals surface area contributed by atoms with Gasteiger partial charge in [0.15, 0.2) is 11.5 Å². The van der Waals surface area contributed by atoms with Gasteiger partial charge in [0, 0.05) is 0 Å². The Balaban J connectivity index is 1.64. The zero-order valence-corrected chi connectivity index (χ0v) is 14.5. The standard InChI is InChI=1S/C24H18O2/c1-16-7-12-20(22-14-24-23(13-21(16)22)25-15-26-24)19-10-8-18(9-11-19)17-5-3-2-4-6-17/h2-14H,15H2,1H3. The van der Waals surface area contributed by atoms with Crippen LogP contribution in [0.3, 0.4) is 0 Å². The summed E-state index contributed by atoms with van der Waals surface area (Å²) in [5.74, 6) is 1.66. The second-order valence-electron chi connectivity index (χ2n) is 6.62. The Kier molecular flexibility index (Phi) is 3.42. The Morgan fingerprint density at radius 2 is 1.23 bits per heavy atom. The van der Waals surface area contributed by atoms with Gasteiger partial charge in [0.2, 0.25) is 6.79 Å². The summed E-state index contributed by atoms with van der Waals surface area (Å²) in [5, 5.41) is 2.40. The molecule has 0 bridgehead atoms. The Labute approximate surface area is 152 Å². The zero-order chi connectivity index (χ0) is 17.5. The molecule has 0 N–H and O–H groups in total. The molecule has 126 valence electrons. The van der Waals surface area contributed by atoms with Crippen molar-refractivity contribution in [3.05, 3.63) is 84.4 Å². The fraction of sp³-hybridized carbons (Fsp3) is 0.0833. The number of benzene rings is 4. The molecule has 2 heteroatoms. The topological polar surface area (TPSA) is 18.5 Å². The van der Waals surface area contributed by atoms with Gasteiger partial charge in [-0.3, -0.25) is 0 Å². The minimum Gasteiger partial charge on any atom is -0.454 e. The molecule has 0 aliphatic carbocycles. The maximum atomic E-state index is 5.59. The van der Waals surface area contributed by atoms with Gasteiger partial charge in [-0.1, -0.05) is 66.7 Å². The fourth-order valence-corrected chi connectivity index (χ4v) is 3.60. The van der Waals surface area contributed by atoms with Crippen LogP contribution in [0, 0.1) is 6.92 Å². The quantitative estimate of drug-likeness (QED) is 0.432. The van der Waals surface area contributed by atoms with Crippen LogP contribution in [0.1, 0.15) is 5.56 Å². The van der Waals surface area contributed by atoms with Crippen LogP contribution in [0.25, 0.3) is 33.0 Å². The van der Waals surface area contributed by atoms with Gasteiger partial charge in [-0.15, -0.1) is 0 Å². The predicted molar refractivity (Wildman–Crippen MR) is 106 cm³/mol. The van der Waals surface area contributed by atoms with E-state index >= 15 is 0 Å². The van der Waals surface area contributed by atoms with E-state index in [1.807, 2.05) is 6.07 Å². The van der Waals surface area contributed by atoms with Gasteiger partial charge in [0.05, 0.1) is 0 Å². The molecule has 0 unspecified atom stereocenters. The molecule has 2 nitrogen and oxygen atoms in total. The van der Waals surface area contributed by atoms with Crippen LogP contribution >= 0.6 is 0 Å². The summed E-state index contributed by atoms with van der Waals surface area (Å²) in [6.45, 7) is 2.43. The molecule has 0 radical (unpaired) electrons. The van der Waals surface area contributed by atoms with Crippen molar-refractivity contribution in [3.8, 4) is 33.8 Å². The molecule has 0 saturated carbocycles. The molecule has 1 aliphatic heterocycles. The van der Waals surface area contributed by atoms with Crippen molar-refractivity contribution in [2.75, 3.05) is 6.79 Å². The van der Waals surface area contributed by atoms with Crippen LogP contribution in [0.15, 0.2) is 78.9 Å². The van der Waals surface area contributed by atoms with E-state index in [9.17, 15) is 0 Å². The summed E-state index contributed by atoms with van der Waals surface area (Å²) in [6, 6.07) is 27.8. The average molecular weight is 338 g/mol. The normalized spacial score (nSPS) is 12.5. The first-order chi connectivity index (χ1) is 12.8. The van der Waals surface area contributed by atoms with E-state index in [0.29, 0.717) is 6.79 Å². The highest BCUT2D eigenvalue weighted by Gasteiger charge is 2.17. The Morgan fingerprint density at radius 3 is 1.96 bits per heavy atom. The second kappa shape index (κ2) is 5.92. The lowest BCUT2D eigenvalue weighted by Gasteiger charge is -2.11. The fourth-order valence-electron chi connectivity index (χ4n) is 3.60. The highest BCUT2D eigenvalue weighted by atomic mass is 16.7. The third-order valence-corrected chi connectivity index (χ3v) is 5.03. The first kappa shape index (κ1) is 15.0. The Bertz CT molecular complexity index is 1100. The monoisotopic (exact) mass is 338 g/mol. The highest BCUT2D eigenvalue weighted by molar-refractivity contribution is 6.00. The lowest BCUT2D eigenvalue weighted by atomic mass is 9.94. The van der Waals surface area contributed by atoms with Gasteiger partial charge in [0.1, 0.15) is 0 Å². The van der Waals surface area contributed by atoms with Crippen LogP contribution in [0.5, 0.6) is 11.5 Å². The molecule has 1 aliphatic rings. The molecular weight excluding hydrogens is 320 g/mol. The van der Waals surface area contributed by atoms with Gasteiger partial charge in [-0.2, -0.15) is 0 Å². The molecule has 4 aromatic rings. The van der Waals surface area contributed by atoms with Crippen molar-refractivity contribution in [3.63, 3.8) is 0 Å². The molecule has 0 fully saturated rings. The summed E-state index contributed by atoms with van der Waals surface area (Å²) >= 11 is 0. The Hall–Kier alpha value is -3.26. The lowest BCUT2D eigenvalue weighted by molar-refractivity contribution is 0.174. The van der Waals surface area contributed by atoms with E-state index in [1.165, 1.54) is 38.6 Å². The van der Waals surface area contributed by atoms with Crippen LogP contribution in [0.2, 0.25) is 0 Å². The van der Waals surface area contributed by atoms with Crippen molar-refractivity contribution < 1.29 is 9.47 Å². The summed E-state index contributed by atoms with van der Waals surface area (Å²) < 4.78 is 11.1. The maximum absolute atomic E-state index is 5.59. The van der Waals surface area contributed by atoms with Gasteiger partial charge in [-0.25, -0.2) is 0 Å². The van der Waals surface area contributed by atoms with Crippen LogP contribution < -0.4 is 9.47 Å². The van der Waals surface area contributed by atoms with Gasteiger partial charge < -0.3 is 9.47 Å². The molecular formula is C24H18O2. The average Bonchev–Trinajstić information content (AvgIpc) is 3.16. The smallest absolute Gasteiger partial charge is 0.231 e. The third kappa shape index (κ3) is 2.42. The largest absolute Gasteiger partial charge is 0.454 e. The number of rotatable bonds is 2. The summed E-state index contributed by atoms with van der Waals surface area (Å²) in [4.78, 5) is 0. The van der Waals surface area contributed by atoms with Crippen molar-refractivity contribution in [1.82, 2.24) is 0 Å². The second-order valence-corrected chi connectivity index (χ2v) is 6.62. The van der Waals surface area contributed by atoms with E-state index in [4.69, 9.17) is 9.47 Å². The molecule has 0 atom stereocenters. The van der Waals surface area contributed by atoms with Crippen molar-refractivity contribution >= 4 is 10.8 Å². The summed E-state index contributed by atoms with van der Waals surface area (Å²) in [6.07, 6.45) is 0. The van der Waals surface area contributed by atoms with E-state index in [0.717, 1.165) is 11.5 Å². The highest BCUT2D eigenvalue weighted by Crippen LogP contribution is 2.41. The van der Waals surface area contributed by atoms with Crippen LogP contribution in [0.4, 0.5) is 0 Å². The number of aryl methyl sites for hydroxylation is 1. The van der Waals surface area contributed by atoms with Crippen LogP contribution in [-0.2, 0) is 0 Å². The minimum absolute atomic E-state index is 0.297. The zero-order valence-electron chi connectivity index (χ0n) is 14.5. The van der Waals surface area contributed by atoms with E-state index in [1.54, 1.807) is 0 Å². The molecule has 0 saturated heterocycles. The molecule has 0 aromatic heterocycles. The molecule has 0 amide bonds. The third-order valence-electron chi connectivity index (χ3n) is 5.03.